The van der Waals surface area contributed by atoms with Crippen molar-refractivity contribution in [1.82, 2.24) is 4.57 Å². The van der Waals surface area contributed by atoms with Crippen molar-refractivity contribution in [2.24, 2.45) is 0 Å². The van der Waals surface area contributed by atoms with Crippen LogP contribution in [0.3, 0.4) is 0 Å². The molecule has 0 spiro atoms. The summed E-state index contributed by atoms with van der Waals surface area (Å²) in [4.78, 5) is 12.2. The van der Waals surface area contributed by atoms with Gasteiger partial charge in [0.2, 0.25) is 0 Å². The molecule has 0 aliphatic carbocycles. The van der Waals surface area contributed by atoms with Gasteiger partial charge in [-0.3, -0.25) is 0 Å². The van der Waals surface area contributed by atoms with Crippen LogP contribution >= 0.6 is 0 Å². The first-order valence-corrected chi connectivity index (χ1v) is 13.9. The van der Waals surface area contributed by atoms with Gasteiger partial charge in [0.05, 0.1) is 6.61 Å². The van der Waals surface area contributed by atoms with Crippen molar-refractivity contribution >= 4 is 16.9 Å². The number of nitrogens with zero attached hydrogens (tertiary/aromatic N) is 1. The summed E-state index contributed by atoms with van der Waals surface area (Å²) in [5.74, 6) is -0.935. The van der Waals surface area contributed by atoms with Gasteiger partial charge >= 0.3 is 5.97 Å². The molecule has 0 saturated heterocycles. The third-order valence-electron chi connectivity index (χ3n) is 7.61. The molecule has 41 heavy (non-hydrogen) atoms. The Balaban J connectivity index is 1.31. The number of rotatable bonds is 10. The summed E-state index contributed by atoms with van der Waals surface area (Å²) in [7, 11) is 0. The third-order valence-corrected chi connectivity index (χ3v) is 7.61. The molecule has 0 radical (unpaired) electrons. The number of benzene rings is 5. The lowest BCUT2D eigenvalue weighted by Crippen LogP contribution is -2.33. The van der Waals surface area contributed by atoms with Crippen LogP contribution in [0.4, 0.5) is 0 Å². The first-order valence-electron chi connectivity index (χ1n) is 13.9. The van der Waals surface area contributed by atoms with Crippen molar-refractivity contribution in [3.05, 3.63) is 168 Å². The number of aromatic nitrogens is 1. The molecular weight excluding hydrogens is 506 g/mol. The second kappa shape index (κ2) is 11.7. The highest BCUT2D eigenvalue weighted by molar-refractivity contribution is 5.96. The Kier molecular flexibility index (Phi) is 7.48. The molecule has 0 aliphatic rings. The summed E-state index contributed by atoms with van der Waals surface area (Å²) in [5, 5.41) is 10.9. The summed E-state index contributed by atoms with van der Waals surface area (Å²) in [6.45, 7) is 0.948. The van der Waals surface area contributed by atoms with E-state index in [1.807, 2.05) is 83.4 Å². The molecule has 4 heteroatoms. The maximum Gasteiger partial charge on any atom is 0.352 e. The van der Waals surface area contributed by atoms with Crippen molar-refractivity contribution < 1.29 is 14.6 Å². The molecule has 0 fully saturated rings. The van der Waals surface area contributed by atoms with Gasteiger partial charge in [0, 0.05) is 17.4 Å². The lowest BCUT2D eigenvalue weighted by atomic mass is 9.80. The number of fused-ring (bicyclic) bond motifs is 1. The average molecular weight is 538 g/mol. The van der Waals surface area contributed by atoms with E-state index < -0.39 is 11.6 Å². The second-order valence-electron chi connectivity index (χ2n) is 10.1. The minimum Gasteiger partial charge on any atom is -0.477 e. The van der Waals surface area contributed by atoms with Crippen molar-refractivity contribution in [3.8, 4) is 11.1 Å². The largest absolute Gasteiger partial charge is 0.477 e. The minimum absolute atomic E-state index is 0.283. The molecule has 6 aromatic rings. The van der Waals surface area contributed by atoms with Crippen LogP contribution in [-0.2, 0) is 16.9 Å². The van der Waals surface area contributed by atoms with Gasteiger partial charge in [-0.2, -0.15) is 0 Å². The quantitative estimate of drug-likeness (QED) is 0.141. The molecule has 202 valence electrons. The SMILES string of the molecule is O=C(O)c1cc2cc(-c3ccccc3)ccc2n1CCCOC(c1ccccc1)(c1ccccc1)c1ccccc1. The van der Waals surface area contributed by atoms with Gasteiger partial charge in [-0.1, -0.05) is 127 Å². The lowest BCUT2D eigenvalue weighted by Gasteiger charge is -2.36. The first kappa shape index (κ1) is 26.3. The monoisotopic (exact) mass is 537 g/mol. The topological polar surface area (TPSA) is 51.5 Å². The summed E-state index contributed by atoms with van der Waals surface area (Å²) in [6.07, 6.45) is 0.638. The molecule has 0 bridgehead atoms. The fraction of sp³-hybridized carbons (Fsp3) is 0.108. The average Bonchev–Trinajstić information content (AvgIpc) is 3.41. The van der Waals surface area contributed by atoms with E-state index in [2.05, 4.69) is 60.7 Å². The van der Waals surface area contributed by atoms with Crippen molar-refractivity contribution in [2.45, 2.75) is 18.6 Å². The van der Waals surface area contributed by atoms with Crippen molar-refractivity contribution in [2.75, 3.05) is 6.61 Å². The smallest absolute Gasteiger partial charge is 0.352 e. The van der Waals surface area contributed by atoms with E-state index in [-0.39, 0.29) is 5.69 Å². The summed E-state index contributed by atoms with van der Waals surface area (Å²) in [6, 6.07) is 48.9. The molecule has 1 aromatic heterocycles. The van der Waals surface area contributed by atoms with Crippen LogP contribution in [0.15, 0.2) is 146 Å². The third kappa shape index (κ3) is 5.18. The summed E-state index contributed by atoms with van der Waals surface area (Å²) >= 11 is 0. The van der Waals surface area contributed by atoms with Crippen molar-refractivity contribution in [3.63, 3.8) is 0 Å². The number of aryl methyl sites for hydroxylation is 1. The van der Waals surface area contributed by atoms with E-state index in [0.29, 0.717) is 19.6 Å². The van der Waals surface area contributed by atoms with Crippen LogP contribution in [0, 0.1) is 0 Å². The Hall–Kier alpha value is -4.93. The fourth-order valence-electron chi connectivity index (χ4n) is 5.72. The molecule has 6 rings (SSSR count). The van der Waals surface area contributed by atoms with Crippen LogP contribution in [-0.4, -0.2) is 22.2 Å². The molecule has 5 aromatic carbocycles. The molecule has 0 unspecified atom stereocenters. The van der Waals surface area contributed by atoms with Gasteiger partial charge in [-0.05, 0) is 52.4 Å². The van der Waals surface area contributed by atoms with Gasteiger partial charge < -0.3 is 14.4 Å². The number of carboxylic acid groups (broad SMARTS) is 1. The standard InChI is InChI=1S/C37H31NO3/c39-36(40)35-27-30-26-29(28-14-5-1-6-15-28)22-23-34(30)38(35)24-13-25-41-37(31-16-7-2-8-17-31,32-18-9-3-10-19-32)33-20-11-4-12-21-33/h1-12,14-23,26-27H,13,24-25H2,(H,39,40). The van der Waals surface area contributed by atoms with Gasteiger partial charge in [-0.25, -0.2) is 4.79 Å². The normalized spacial score (nSPS) is 11.5. The zero-order chi connectivity index (χ0) is 28.1. The van der Waals surface area contributed by atoms with Crippen LogP contribution in [0.1, 0.15) is 33.6 Å². The number of carbonyl (C=O) groups is 1. The molecule has 0 atom stereocenters. The number of hydrogen-bond acceptors (Lipinski definition) is 2. The highest BCUT2D eigenvalue weighted by atomic mass is 16.5. The molecule has 1 heterocycles. The van der Waals surface area contributed by atoms with E-state index in [1.54, 1.807) is 6.07 Å². The lowest BCUT2D eigenvalue weighted by molar-refractivity contribution is 0.0100. The van der Waals surface area contributed by atoms with Crippen LogP contribution in [0.25, 0.3) is 22.0 Å². The molecule has 0 aliphatic heterocycles. The van der Waals surface area contributed by atoms with Crippen LogP contribution in [0.5, 0.6) is 0 Å². The zero-order valence-corrected chi connectivity index (χ0v) is 22.7. The van der Waals surface area contributed by atoms with Crippen LogP contribution < -0.4 is 0 Å². The maximum atomic E-state index is 12.2. The highest BCUT2D eigenvalue weighted by Gasteiger charge is 2.37. The van der Waals surface area contributed by atoms with Gasteiger partial charge in [-0.15, -0.1) is 0 Å². The van der Waals surface area contributed by atoms with E-state index in [4.69, 9.17) is 4.74 Å². The Labute approximate surface area is 240 Å². The summed E-state index contributed by atoms with van der Waals surface area (Å²) in [5.41, 5.74) is 5.69. The van der Waals surface area contributed by atoms with Gasteiger partial charge in [0.15, 0.2) is 0 Å². The van der Waals surface area contributed by atoms with Gasteiger partial charge in [0.25, 0.3) is 0 Å². The molecule has 0 amide bonds. The fourth-order valence-corrected chi connectivity index (χ4v) is 5.72. The Morgan fingerprint density at radius 2 is 1.15 bits per heavy atom. The zero-order valence-electron chi connectivity index (χ0n) is 22.7. The molecule has 4 nitrogen and oxygen atoms in total. The highest BCUT2D eigenvalue weighted by Crippen LogP contribution is 2.40. The van der Waals surface area contributed by atoms with E-state index in [0.717, 1.165) is 38.7 Å². The predicted octanol–water partition coefficient (Wildman–Crippen LogP) is 8.41. The summed E-state index contributed by atoms with van der Waals surface area (Å²) < 4.78 is 8.81. The Morgan fingerprint density at radius 3 is 1.66 bits per heavy atom. The molecular formula is C37H31NO3. The predicted molar refractivity (Wildman–Crippen MR) is 164 cm³/mol. The second-order valence-corrected chi connectivity index (χ2v) is 10.1. The van der Waals surface area contributed by atoms with E-state index >= 15 is 0 Å². The van der Waals surface area contributed by atoms with Gasteiger partial charge in [0.1, 0.15) is 11.3 Å². The minimum atomic E-state index is -0.935. The molecule has 1 N–H and O–H groups in total. The maximum absolute atomic E-state index is 12.2. The van der Waals surface area contributed by atoms with Crippen LogP contribution in [0.2, 0.25) is 0 Å². The number of aromatic carboxylic acids is 1. The van der Waals surface area contributed by atoms with E-state index in [1.165, 1.54) is 0 Å². The Bertz CT molecular complexity index is 1650. The number of carboxylic acids is 1. The first-order chi connectivity index (χ1) is 20.2. The number of hydrogen-bond donors (Lipinski definition) is 1. The van der Waals surface area contributed by atoms with Crippen molar-refractivity contribution in [1.29, 1.82) is 0 Å². The number of ether oxygens (including phenoxy) is 1. The molecule has 0 saturated carbocycles. The van der Waals surface area contributed by atoms with E-state index in [9.17, 15) is 9.90 Å². The Morgan fingerprint density at radius 1 is 0.634 bits per heavy atom.